The van der Waals surface area contributed by atoms with Gasteiger partial charge >= 0.3 is 0 Å². The fraction of sp³-hybridized carbons (Fsp3) is 0.636. The first kappa shape index (κ1) is 22.0. The number of nitrogens with one attached hydrogen (secondary N) is 1. The number of carbonyl (C=O) groups is 2. The molecule has 168 valence electrons. The van der Waals surface area contributed by atoms with Gasteiger partial charge in [0.1, 0.15) is 10.7 Å². The monoisotopic (exact) mass is 445 g/mol. The Bertz CT molecular complexity index is 1030. The summed E-state index contributed by atoms with van der Waals surface area (Å²) in [6, 6.07) is 0. The number of carbonyl (C=O) groups excluding carboxylic acids is 2. The van der Waals surface area contributed by atoms with E-state index in [1.165, 1.54) is 11.3 Å². The summed E-state index contributed by atoms with van der Waals surface area (Å²) in [6.07, 6.45) is 2.19. The van der Waals surface area contributed by atoms with Crippen molar-refractivity contribution in [2.24, 2.45) is 5.92 Å². The zero-order valence-electron chi connectivity index (χ0n) is 18.6. The van der Waals surface area contributed by atoms with Crippen LogP contribution in [0.2, 0.25) is 0 Å². The summed E-state index contributed by atoms with van der Waals surface area (Å²) in [4.78, 5) is 53.2. The minimum atomic E-state index is -0.127. The summed E-state index contributed by atoms with van der Waals surface area (Å²) in [5.74, 6) is 0.897. The summed E-state index contributed by atoms with van der Waals surface area (Å²) >= 11 is 1.52. The number of rotatable bonds is 4. The number of fused-ring (bicyclic) bond motifs is 1. The zero-order chi connectivity index (χ0) is 22.1. The zero-order valence-corrected chi connectivity index (χ0v) is 19.4. The lowest BCUT2D eigenvalue weighted by atomic mass is 9.94. The summed E-state index contributed by atoms with van der Waals surface area (Å²) in [5.41, 5.74) is 0.850. The maximum atomic E-state index is 12.8. The number of piperazine rings is 1. The van der Waals surface area contributed by atoms with Crippen LogP contribution >= 0.6 is 11.3 Å². The quantitative estimate of drug-likeness (QED) is 0.771. The fourth-order valence-corrected chi connectivity index (χ4v) is 5.51. The molecule has 4 heterocycles. The van der Waals surface area contributed by atoms with E-state index in [0.29, 0.717) is 37.1 Å². The minimum absolute atomic E-state index is 0.0261. The molecule has 0 atom stereocenters. The van der Waals surface area contributed by atoms with Crippen LogP contribution in [0.5, 0.6) is 0 Å². The number of hydrogen-bond donors (Lipinski definition) is 1. The Balaban J connectivity index is 1.29. The Kier molecular flexibility index (Phi) is 6.43. The molecule has 9 heteroatoms. The van der Waals surface area contributed by atoms with Gasteiger partial charge in [-0.3, -0.25) is 14.4 Å². The molecular weight excluding hydrogens is 414 g/mol. The van der Waals surface area contributed by atoms with Gasteiger partial charge in [-0.2, -0.15) is 0 Å². The van der Waals surface area contributed by atoms with Crippen molar-refractivity contribution in [3.63, 3.8) is 0 Å². The van der Waals surface area contributed by atoms with Crippen LogP contribution in [0.1, 0.15) is 35.5 Å². The van der Waals surface area contributed by atoms with E-state index in [2.05, 4.69) is 21.9 Å². The molecule has 2 aromatic heterocycles. The number of aromatic nitrogens is 2. The molecule has 31 heavy (non-hydrogen) atoms. The number of aromatic amines is 1. The molecule has 2 aromatic rings. The summed E-state index contributed by atoms with van der Waals surface area (Å²) < 4.78 is 0. The Morgan fingerprint density at radius 2 is 1.74 bits per heavy atom. The van der Waals surface area contributed by atoms with Gasteiger partial charge in [-0.25, -0.2) is 4.98 Å². The van der Waals surface area contributed by atoms with Crippen molar-refractivity contribution < 1.29 is 9.59 Å². The average molecular weight is 446 g/mol. The normalized spacial score (nSPS) is 18.7. The van der Waals surface area contributed by atoms with Gasteiger partial charge in [0.25, 0.3) is 5.56 Å². The number of amides is 2. The largest absolute Gasteiger partial charge is 0.343 e. The molecule has 0 radical (unpaired) electrons. The van der Waals surface area contributed by atoms with Crippen molar-refractivity contribution in [2.45, 2.75) is 39.5 Å². The predicted octanol–water partition coefficient (Wildman–Crippen LogP) is 1.55. The number of likely N-dealkylation sites (tertiary alicyclic amines) is 1. The van der Waals surface area contributed by atoms with Gasteiger partial charge < -0.3 is 19.7 Å². The van der Waals surface area contributed by atoms with E-state index in [-0.39, 0.29) is 23.3 Å². The lowest BCUT2D eigenvalue weighted by Gasteiger charge is -2.37. The Hall–Kier alpha value is -2.26. The highest BCUT2D eigenvalue weighted by Crippen LogP contribution is 2.26. The molecular formula is C22H31N5O3S. The first-order valence-electron chi connectivity index (χ1n) is 11.1. The fourth-order valence-electron chi connectivity index (χ4n) is 4.46. The smallest absolute Gasteiger partial charge is 0.259 e. The van der Waals surface area contributed by atoms with E-state index in [1.54, 1.807) is 0 Å². The van der Waals surface area contributed by atoms with E-state index in [0.717, 1.165) is 54.3 Å². The minimum Gasteiger partial charge on any atom is -0.343 e. The molecule has 4 rings (SSSR count). The Morgan fingerprint density at radius 1 is 1.06 bits per heavy atom. The maximum Gasteiger partial charge on any atom is 0.259 e. The molecule has 1 N–H and O–H groups in total. The number of likely N-dealkylation sites (N-methyl/N-ethyl adjacent to an activating group) is 1. The number of piperidine rings is 1. The Labute approximate surface area is 186 Å². The molecule has 0 bridgehead atoms. The SMILES string of the molecule is Cc1sc2nc(CCC(=O)N3CCC(C(=O)N4CCN(C)CC4)CC3)[nH]c(=O)c2c1C. The van der Waals surface area contributed by atoms with Crippen molar-refractivity contribution in [1.82, 2.24) is 24.7 Å². The van der Waals surface area contributed by atoms with Crippen molar-refractivity contribution in [3.05, 3.63) is 26.6 Å². The van der Waals surface area contributed by atoms with E-state index >= 15 is 0 Å². The first-order valence-corrected chi connectivity index (χ1v) is 11.9. The second kappa shape index (κ2) is 9.08. The van der Waals surface area contributed by atoms with Gasteiger partial charge in [0.2, 0.25) is 11.8 Å². The lowest BCUT2D eigenvalue weighted by Crippen LogP contribution is -2.51. The van der Waals surface area contributed by atoms with Gasteiger partial charge in [0.05, 0.1) is 5.39 Å². The van der Waals surface area contributed by atoms with Crippen LogP contribution in [0.4, 0.5) is 0 Å². The van der Waals surface area contributed by atoms with Crippen LogP contribution in [0, 0.1) is 19.8 Å². The van der Waals surface area contributed by atoms with Crippen LogP contribution in [-0.2, 0) is 16.0 Å². The first-order chi connectivity index (χ1) is 14.8. The number of hydrogen-bond acceptors (Lipinski definition) is 6. The standard InChI is InChI=1S/C22H31N5O3S/c1-14-15(2)31-21-19(14)20(29)23-17(24-21)4-5-18(28)26-8-6-16(7-9-26)22(30)27-12-10-25(3)11-13-27/h16H,4-13H2,1-3H3,(H,23,24,29). The van der Waals surface area contributed by atoms with Gasteiger partial charge in [-0.15, -0.1) is 11.3 Å². The molecule has 2 saturated heterocycles. The third-order valence-corrected chi connectivity index (χ3v) is 7.78. The van der Waals surface area contributed by atoms with Crippen LogP contribution in [-0.4, -0.2) is 82.8 Å². The van der Waals surface area contributed by atoms with E-state index < -0.39 is 0 Å². The van der Waals surface area contributed by atoms with E-state index in [4.69, 9.17) is 0 Å². The second-order valence-corrected chi connectivity index (χ2v) is 9.96. The lowest BCUT2D eigenvalue weighted by molar-refractivity contribution is -0.141. The maximum absolute atomic E-state index is 12.8. The van der Waals surface area contributed by atoms with Gasteiger partial charge in [0, 0.05) is 62.9 Å². The van der Waals surface area contributed by atoms with E-state index in [9.17, 15) is 14.4 Å². The number of thiophene rings is 1. The third kappa shape index (κ3) is 4.67. The topological polar surface area (TPSA) is 89.6 Å². The molecule has 0 aliphatic carbocycles. The van der Waals surface area contributed by atoms with Crippen molar-refractivity contribution >= 4 is 33.4 Å². The highest BCUT2D eigenvalue weighted by molar-refractivity contribution is 7.18. The molecule has 0 unspecified atom stereocenters. The summed E-state index contributed by atoms with van der Waals surface area (Å²) in [7, 11) is 2.08. The molecule has 2 amide bonds. The van der Waals surface area contributed by atoms with Gasteiger partial charge in [-0.1, -0.05) is 0 Å². The molecule has 0 aromatic carbocycles. The molecule has 2 aliphatic heterocycles. The number of aryl methyl sites for hydroxylation is 3. The van der Waals surface area contributed by atoms with Crippen molar-refractivity contribution in [3.8, 4) is 0 Å². The van der Waals surface area contributed by atoms with Crippen LogP contribution in [0.15, 0.2) is 4.79 Å². The molecule has 8 nitrogen and oxygen atoms in total. The highest BCUT2D eigenvalue weighted by Gasteiger charge is 2.31. The van der Waals surface area contributed by atoms with Crippen LogP contribution in [0.3, 0.4) is 0 Å². The van der Waals surface area contributed by atoms with Crippen LogP contribution in [0.25, 0.3) is 10.2 Å². The third-order valence-electron chi connectivity index (χ3n) is 6.68. The van der Waals surface area contributed by atoms with Gasteiger partial charge in [0.15, 0.2) is 0 Å². The highest BCUT2D eigenvalue weighted by atomic mass is 32.1. The molecule has 0 saturated carbocycles. The summed E-state index contributed by atoms with van der Waals surface area (Å²) in [6.45, 7) is 8.62. The second-order valence-electron chi connectivity index (χ2n) is 8.76. The summed E-state index contributed by atoms with van der Waals surface area (Å²) in [5, 5.41) is 0.657. The Morgan fingerprint density at radius 3 is 2.42 bits per heavy atom. The number of nitrogens with zero attached hydrogens (tertiary/aromatic N) is 4. The van der Waals surface area contributed by atoms with Crippen LogP contribution < -0.4 is 5.56 Å². The van der Waals surface area contributed by atoms with E-state index in [1.807, 2.05) is 23.6 Å². The van der Waals surface area contributed by atoms with Crippen molar-refractivity contribution in [1.29, 1.82) is 0 Å². The average Bonchev–Trinajstić information content (AvgIpc) is 3.06. The molecule has 2 fully saturated rings. The number of H-pyrrole nitrogens is 1. The molecule has 0 spiro atoms. The van der Waals surface area contributed by atoms with Gasteiger partial charge in [-0.05, 0) is 39.3 Å². The predicted molar refractivity (Wildman–Crippen MR) is 121 cm³/mol. The molecule has 2 aliphatic rings. The van der Waals surface area contributed by atoms with Crippen molar-refractivity contribution in [2.75, 3.05) is 46.3 Å².